The molecule has 0 aliphatic carbocycles. The average Bonchev–Trinajstić information content (AvgIpc) is 2.37. The zero-order valence-electron chi connectivity index (χ0n) is 9.48. The number of hydrogen-bond donors (Lipinski definition) is 1. The molecule has 0 radical (unpaired) electrons. The van der Waals surface area contributed by atoms with Gasteiger partial charge in [-0.1, -0.05) is 43.5 Å². The molecule has 86 valence electrons. The average molecular weight is 219 g/mol. The topological polar surface area (TPSA) is 38.3 Å². The normalized spacial score (nSPS) is 8.06. The van der Waals surface area contributed by atoms with Crippen molar-refractivity contribution < 1.29 is 9.53 Å². The van der Waals surface area contributed by atoms with Gasteiger partial charge in [-0.25, -0.2) is 4.79 Å². The Morgan fingerprint density at radius 1 is 1.38 bits per heavy atom. The van der Waals surface area contributed by atoms with Gasteiger partial charge in [0.2, 0.25) is 0 Å². The molecule has 0 saturated heterocycles. The highest BCUT2D eigenvalue weighted by Crippen LogP contribution is 1.96. The van der Waals surface area contributed by atoms with Gasteiger partial charge in [0.05, 0.1) is 7.11 Å². The summed E-state index contributed by atoms with van der Waals surface area (Å²) in [6, 6.07) is 10.2. The molecule has 0 bridgehead atoms. The Kier molecular flexibility index (Phi) is 8.31. The second-order valence-corrected chi connectivity index (χ2v) is 2.80. The van der Waals surface area contributed by atoms with E-state index in [1.165, 1.54) is 12.7 Å². The molecule has 0 fully saturated rings. The van der Waals surface area contributed by atoms with E-state index in [-0.39, 0.29) is 0 Å². The lowest BCUT2D eigenvalue weighted by Crippen LogP contribution is -2.02. The van der Waals surface area contributed by atoms with Crippen molar-refractivity contribution in [2.24, 2.45) is 0 Å². The van der Waals surface area contributed by atoms with Gasteiger partial charge in [-0.3, -0.25) is 0 Å². The van der Waals surface area contributed by atoms with E-state index < -0.39 is 5.97 Å². The molecule has 1 N–H and O–H groups in total. The third-order valence-electron chi connectivity index (χ3n) is 1.66. The van der Waals surface area contributed by atoms with Crippen LogP contribution in [0.1, 0.15) is 5.56 Å². The van der Waals surface area contributed by atoms with Crippen LogP contribution in [0.3, 0.4) is 0 Å². The molecular weight excluding hydrogens is 202 g/mol. The molecular formula is C13H17NO2. The minimum atomic E-state index is -0.394. The highest BCUT2D eigenvalue weighted by molar-refractivity contribution is 5.80. The van der Waals surface area contributed by atoms with E-state index in [2.05, 4.69) is 35.3 Å². The van der Waals surface area contributed by atoms with Gasteiger partial charge in [0, 0.05) is 12.6 Å². The number of rotatable bonds is 4. The number of nitrogens with one attached hydrogen (secondary N) is 1. The number of methoxy groups -OCH3 is 1. The van der Waals surface area contributed by atoms with Crippen molar-refractivity contribution in [3.05, 3.63) is 61.3 Å². The SMILES string of the molecule is C=CC(=O)OC.C=CNCc1ccccc1. The molecule has 0 amide bonds. The third kappa shape index (κ3) is 7.38. The van der Waals surface area contributed by atoms with Crippen molar-refractivity contribution in [2.45, 2.75) is 6.54 Å². The molecule has 3 nitrogen and oxygen atoms in total. The largest absolute Gasteiger partial charge is 0.466 e. The highest BCUT2D eigenvalue weighted by Gasteiger charge is 1.84. The third-order valence-corrected chi connectivity index (χ3v) is 1.66. The van der Waals surface area contributed by atoms with Gasteiger partial charge in [-0.05, 0) is 11.8 Å². The molecule has 3 heteroatoms. The van der Waals surface area contributed by atoms with E-state index in [0.29, 0.717) is 0 Å². The number of carbonyl (C=O) groups excluding carboxylic acids is 1. The first-order chi connectivity index (χ1) is 7.74. The summed E-state index contributed by atoms with van der Waals surface area (Å²) in [6.07, 6.45) is 2.81. The van der Waals surface area contributed by atoms with E-state index in [0.717, 1.165) is 12.6 Å². The molecule has 0 aliphatic heterocycles. The van der Waals surface area contributed by atoms with Gasteiger partial charge in [-0.2, -0.15) is 0 Å². The van der Waals surface area contributed by atoms with Crippen molar-refractivity contribution in [3.63, 3.8) is 0 Å². The predicted molar refractivity (Wildman–Crippen MR) is 65.7 cm³/mol. The van der Waals surface area contributed by atoms with Gasteiger partial charge in [0.25, 0.3) is 0 Å². The monoisotopic (exact) mass is 219 g/mol. The van der Waals surface area contributed by atoms with E-state index in [4.69, 9.17) is 0 Å². The maximum Gasteiger partial charge on any atom is 0.329 e. The van der Waals surface area contributed by atoms with Gasteiger partial charge in [0.15, 0.2) is 0 Å². The summed E-state index contributed by atoms with van der Waals surface area (Å²) in [4.78, 5) is 9.84. The summed E-state index contributed by atoms with van der Waals surface area (Å²) in [7, 11) is 1.31. The lowest BCUT2D eigenvalue weighted by Gasteiger charge is -1.98. The molecule has 0 aliphatic rings. The molecule has 1 aromatic carbocycles. The first-order valence-corrected chi connectivity index (χ1v) is 4.83. The van der Waals surface area contributed by atoms with Crippen LogP contribution in [-0.4, -0.2) is 13.1 Å². The maximum absolute atomic E-state index is 9.84. The number of ether oxygens (including phenoxy) is 1. The lowest BCUT2D eigenvalue weighted by atomic mass is 10.2. The van der Waals surface area contributed by atoms with Crippen LogP contribution in [0.2, 0.25) is 0 Å². The van der Waals surface area contributed by atoms with E-state index in [1.54, 1.807) is 6.20 Å². The molecule has 0 heterocycles. The van der Waals surface area contributed by atoms with Crippen LogP contribution in [0, 0.1) is 0 Å². The number of benzene rings is 1. The fourth-order valence-electron chi connectivity index (χ4n) is 0.869. The Hall–Kier alpha value is -2.03. The molecule has 0 atom stereocenters. The Labute approximate surface area is 96.4 Å². The van der Waals surface area contributed by atoms with E-state index in [1.807, 2.05) is 18.2 Å². The summed E-state index contributed by atoms with van der Waals surface area (Å²) >= 11 is 0. The number of hydrogen-bond acceptors (Lipinski definition) is 3. The van der Waals surface area contributed by atoms with Crippen LogP contribution in [0.5, 0.6) is 0 Å². The van der Waals surface area contributed by atoms with Crippen LogP contribution < -0.4 is 5.32 Å². The molecule has 0 saturated carbocycles. The number of carbonyl (C=O) groups is 1. The van der Waals surface area contributed by atoms with Gasteiger partial charge < -0.3 is 10.1 Å². The zero-order chi connectivity index (χ0) is 12.2. The fourth-order valence-corrected chi connectivity index (χ4v) is 0.869. The minimum Gasteiger partial charge on any atom is -0.466 e. The van der Waals surface area contributed by atoms with Crippen molar-refractivity contribution in [1.82, 2.24) is 5.32 Å². The van der Waals surface area contributed by atoms with Crippen LogP contribution in [0.4, 0.5) is 0 Å². The Bertz CT molecular complexity index is 320. The highest BCUT2D eigenvalue weighted by atomic mass is 16.5. The summed E-state index contributed by atoms with van der Waals surface area (Å²) in [6.45, 7) is 7.59. The van der Waals surface area contributed by atoms with Gasteiger partial charge in [0.1, 0.15) is 0 Å². The van der Waals surface area contributed by atoms with E-state index in [9.17, 15) is 4.79 Å². The van der Waals surface area contributed by atoms with E-state index >= 15 is 0 Å². The quantitative estimate of drug-likeness (QED) is 0.623. The van der Waals surface area contributed by atoms with Gasteiger partial charge in [-0.15, -0.1) is 0 Å². The molecule has 1 rings (SSSR count). The van der Waals surface area contributed by atoms with Crippen LogP contribution in [-0.2, 0) is 16.1 Å². The summed E-state index contributed by atoms with van der Waals surface area (Å²) < 4.78 is 4.14. The van der Waals surface area contributed by atoms with Crippen molar-refractivity contribution in [3.8, 4) is 0 Å². The van der Waals surface area contributed by atoms with Crippen LogP contribution in [0.15, 0.2) is 55.8 Å². The maximum atomic E-state index is 9.84. The smallest absolute Gasteiger partial charge is 0.329 e. The molecule has 0 unspecified atom stereocenters. The van der Waals surface area contributed by atoms with Gasteiger partial charge >= 0.3 is 5.97 Å². The number of esters is 1. The fraction of sp³-hybridized carbons (Fsp3) is 0.154. The Balaban J connectivity index is 0.000000325. The zero-order valence-corrected chi connectivity index (χ0v) is 9.48. The summed E-state index contributed by atoms with van der Waals surface area (Å²) in [5.41, 5.74) is 1.28. The Morgan fingerprint density at radius 3 is 2.38 bits per heavy atom. The second-order valence-electron chi connectivity index (χ2n) is 2.80. The second kappa shape index (κ2) is 9.52. The van der Waals surface area contributed by atoms with Crippen molar-refractivity contribution in [2.75, 3.05) is 7.11 Å². The lowest BCUT2D eigenvalue weighted by molar-refractivity contribution is -0.134. The molecule has 16 heavy (non-hydrogen) atoms. The first kappa shape index (κ1) is 14.0. The first-order valence-electron chi connectivity index (χ1n) is 4.83. The van der Waals surface area contributed by atoms with Crippen molar-refractivity contribution in [1.29, 1.82) is 0 Å². The van der Waals surface area contributed by atoms with Crippen molar-refractivity contribution >= 4 is 5.97 Å². The standard InChI is InChI=1S/C9H11N.C4H6O2/c1-2-10-8-9-6-4-3-5-7-9;1-3-4(5)6-2/h2-7,10H,1,8H2;3H,1H2,2H3. The molecule has 0 aromatic heterocycles. The Morgan fingerprint density at radius 2 is 2.00 bits per heavy atom. The predicted octanol–water partition coefficient (Wildman–Crippen LogP) is 2.27. The van der Waals surface area contributed by atoms with Crippen LogP contribution in [0.25, 0.3) is 0 Å². The summed E-state index contributed by atoms with van der Waals surface area (Å²) in [5, 5.41) is 3.03. The summed E-state index contributed by atoms with van der Waals surface area (Å²) in [5.74, 6) is -0.394. The molecule has 1 aromatic rings. The minimum absolute atomic E-state index is 0.394. The molecule has 0 spiro atoms. The van der Waals surface area contributed by atoms with Crippen LogP contribution >= 0.6 is 0 Å².